The summed E-state index contributed by atoms with van der Waals surface area (Å²) in [6.45, 7) is 0.217. The van der Waals surface area contributed by atoms with E-state index in [0.717, 1.165) is 17.7 Å². The van der Waals surface area contributed by atoms with E-state index >= 15 is 0 Å². The summed E-state index contributed by atoms with van der Waals surface area (Å²) in [4.78, 5) is 17.2. The first kappa shape index (κ1) is 13.9. The highest BCUT2D eigenvalue weighted by molar-refractivity contribution is 5.95. The monoisotopic (exact) mass is 277 g/mol. The molecule has 2 N–H and O–H groups in total. The van der Waals surface area contributed by atoms with Crippen molar-refractivity contribution in [2.45, 2.75) is 6.54 Å². The Kier molecular flexibility index (Phi) is 3.93. The molecule has 4 nitrogen and oxygen atoms in total. The number of halogens is 2. The predicted octanol–water partition coefficient (Wildman–Crippen LogP) is 2.21. The number of aromatic nitrogens is 1. The molecule has 1 aromatic carbocycles. The Labute approximate surface area is 114 Å². The van der Waals surface area contributed by atoms with Crippen LogP contribution >= 0.6 is 0 Å². The molecule has 1 aromatic heterocycles. The van der Waals surface area contributed by atoms with E-state index in [-0.39, 0.29) is 12.2 Å². The Morgan fingerprint density at radius 1 is 1.25 bits per heavy atom. The molecular weight excluding hydrogens is 264 g/mol. The molecule has 1 heterocycles. The highest BCUT2D eigenvalue weighted by atomic mass is 19.1. The van der Waals surface area contributed by atoms with Crippen LogP contribution in [0.3, 0.4) is 0 Å². The van der Waals surface area contributed by atoms with E-state index in [1.807, 2.05) is 0 Å². The van der Waals surface area contributed by atoms with Crippen LogP contribution in [0.1, 0.15) is 15.9 Å². The van der Waals surface area contributed by atoms with Crippen LogP contribution in [0.4, 0.5) is 14.5 Å². The minimum absolute atomic E-state index is 0.217. The SMILES string of the molecule is CN(Cc1ccncc1)C(=O)c1c(F)ccc(N)c1F. The average Bonchev–Trinajstić information content (AvgIpc) is 2.44. The summed E-state index contributed by atoms with van der Waals surface area (Å²) in [5.74, 6) is -2.72. The number of nitrogens with two attached hydrogens (primary N) is 1. The fraction of sp³-hybridized carbons (Fsp3) is 0.143. The maximum absolute atomic E-state index is 13.8. The molecule has 0 atom stereocenters. The number of carbonyl (C=O) groups is 1. The standard InChI is InChI=1S/C14H13F2N3O/c1-19(8-9-4-6-18-7-5-9)14(20)12-10(15)2-3-11(17)13(12)16/h2-7H,8,17H2,1H3. The molecule has 0 bridgehead atoms. The molecule has 0 aliphatic rings. The van der Waals surface area contributed by atoms with Crippen molar-refractivity contribution in [3.8, 4) is 0 Å². The van der Waals surface area contributed by atoms with Crippen LogP contribution in [0.5, 0.6) is 0 Å². The van der Waals surface area contributed by atoms with Crippen LogP contribution in [-0.2, 0) is 6.54 Å². The first-order valence-electron chi connectivity index (χ1n) is 5.88. The predicted molar refractivity (Wildman–Crippen MR) is 70.8 cm³/mol. The van der Waals surface area contributed by atoms with Gasteiger partial charge in [-0.15, -0.1) is 0 Å². The van der Waals surface area contributed by atoms with Crippen LogP contribution in [0.15, 0.2) is 36.7 Å². The van der Waals surface area contributed by atoms with Gasteiger partial charge in [-0.1, -0.05) is 0 Å². The molecular formula is C14H13F2N3O. The minimum atomic E-state index is -1.03. The maximum Gasteiger partial charge on any atom is 0.259 e. The van der Waals surface area contributed by atoms with Gasteiger partial charge < -0.3 is 10.6 Å². The Morgan fingerprint density at radius 2 is 1.90 bits per heavy atom. The number of nitrogen functional groups attached to an aromatic ring is 1. The topological polar surface area (TPSA) is 59.2 Å². The molecule has 6 heteroatoms. The van der Waals surface area contributed by atoms with Gasteiger partial charge in [0.15, 0.2) is 5.82 Å². The van der Waals surface area contributed by atoms with Gasteiger partial charge >= 0.3 is 0 Å². The molecule has 0 unspecified atom stereocenters. The number of rotatable bonds is 3. The van der Waals surface area contributed by atoms with E-state index in [2.05, 4.69) is 4.98 Å². The molecule has 2 aromatic rings. The number of hydrogen-bond donors (Lipinski definition) is 1. The zero-order valence-corrected chi connectivity index (χ0v) is 10.8. The first-order valence-corrected chi connectivity index (χ1v) is 5.88. The van der Waals surface area contributed by atoms with Gasteiger partial charge in [-0.3, -0.25) is 9.78 Å². The molecule has 0 aliphatic heterocycles. The molecule has 0 aliphatic carbocycles. The van der Waals surface area contributed by atoms with E-state index in [9.17, 15) is 13.6 Å². The number of amides is 1. The second-order valence-corrected chi connectivity index (χ2v) is 4.34. The van der Waals surface area contributed by atoms with Crippen molar-refractivity contribution in [1.29, 1.82) is 0 Å². The quantitative estimate of drug-likeness (QED) is 0.875. The molecule has 104 valence electrons. The van der Waals surface area contributed by atoms with Crippen LogP contribution in [0.2, 0.25) is 0 Å². The Balaban J connectivity index is 2.26. The number of nitrogens with zero attached hydrogens (tertiary/aromatic N) is 2. The highest BCUT2D eigenvalue weighted by Gasteiger charge is 2.22. The molecule has 20 heavy (non-hydrogen) atoms. The van der Waals surface area contributed by atoms with Crippen molar-refractivity contribution in [1.82, 2.24) is 9.88 Å². The van der Waals surface area contributed by atoms with E-state index in [0.29, 0.717) is 0 Å². The molecule has 2 rings (SSSR count). The Bertz CT molecular complexity index is 632. The molecule has 0 fully saturated rings. The van der Waals surface area contributed by atoms with Gasteiger partial charge in [-0.2, -0.15) is 0 Å². The Hall–Kier alpha value is -2.50. The van der Waals surface area contributed by atoms with E-state index in [1.165, 1.54) is 11.9 Å². The number of benzene rings is 1. The van der Waals surface area contributed by atoms with Crippen LogP contribution in [0.25, 0.3) is 0 Å². The van der Waals surface area contributed by atoms with E-state index in [1.54, 1.807) is 24.5 Å². The van der Waals surface area contributed by atoms with Gasteiger partial charge in [0.25, 0.3) is 5.91 Å². The molecule has 1 amide bonds. The fourth-order valence-electron chi connectivity index (χ4n) is 1.79. The normalized spacial score (nSPS) is 10.3. The lowest BCUT2D eigenvalue weighted by Gasteiger charge is -2.18. The lowest BCUT2D eigenvalue weighted by atomic mass is 10.1. The summed E-state index contributed by atoms with van der Waals surface area (Å²) in [5.41, 5.74) is 5.27. The fourth-order valence-corrected chi connectivity index (χ4v) is 1.79. The molecule has 0 spiro atoms. The van der Waals surface area contributed by atoms with Gasteiger partial charge in [0.05, 0.1) is 5.69 Å². The summed E-state index contributed by atoms with van der Waals surface area (Å²) in [5, 5.41) is 0. The van der Waals surface area contributed by atoms with Gasteiger partial charge in [0.1, 0.15) is 11.4 Å². The number of pyridine rings is 1. The van der Waals surface area contributed by atoms with Gasteiger partial charge in [0.2, 0.25) is 0 Å². The smallest absolute Gasteiger partial charge is 0.259 e. The van der Waals surface area contributed by atoms with Crippen molar-refractivity contribution in [3.05, 3.63) is 59.4 Å². The lowest BCUT2D eigenvalue weighted by molar-refractivity contribution is 0.0775. The third-order valence-electron chi connectivity index (χ3n) is 2.85. The Morgan fingerprint density at radius 3 is 2.55 bits per heavy atom. The number of anilines is 1. The highest BCUT2D eigenvalue weighted by Crippen LogP contribution is 2.20. The van der Waals surface area contributed by atoms with Crippen LogP contribution in [-0.4, -0.2) is 22.8 Å². The van der Waals surface area contributed by atoms with Gasteiger partial charge in [0, 0.05) is 26.0 Å². The van der Waals surface area contributed by atoms with Crippen molar-refractivity contribution in [3.63, 3.8) is 0 Å². The number of carbonyl (C=O) groups excluding carboxylic acids is 1. The number of hydrogen-bond acceptors (Lipinski definition) is 3. The van der Waals surface area contributed by atoms with Gasteiger partial charge in [-0.05, 0) is 29.8 Å². The van der Waals surface area contributed by atoms with Crippen molar-refractivity contribution < 1.29 is 13.6 Å². The summed E-state index contributed by atoms with van der Waals surface area (Å²) < 4.78 is 27.4. The average molecular weight is 277 g/mol. The lowest BCUT2D eigenvalue weighted by Crippen LogP contribution is -2.28. The second-order valence-electron chi connectivity index (χ2n) is 4.34. The molecule has 0 radical (unpaired) electrons. The van der Waals surface area contributed by atoms with E-state index in [4.69, 9.17) is 5.73 Å². The summed E-state index contributed by atoms with van der Waals surface area (Å²) >= 11 is 0. The zero-order chi connectivity index (χ0) is 14.7. The van der Waals surface area contributed by atoms with Crippen molar-refractivity contribution in [2.24, 2.45) is 0 Å². The summed E-state index contributed by atoms with van der Waals surface area (Å²) in [6, 6.07) is 5.50. The summed E-state index contributed by atoms with van der Waals surface area (Å²) in [7, 11) is 1.46. The third kappa shape index (κ3) is 2.74. The first-order chi connectivity index (χ1) is 9.50. The van der Waals surface area contributed by atoms with Crippen LogP contribution in [0, 0.1) is 11.6 Å². The van der Waals surface area contributed by atoms with Gasteiger partial charge in [-0.25, -0.2) is 8.78 Å². The maximum atomic E-state index is 13.8. The van der Waals surface area contributed by atoms with Crippen molar-refractivity contribution in [2.75, 3.05) is 12.8 Å². The molecule has 0 saturated heterocycles. The minimum Gasteiger partial charge on any atom is -0.396 e. The molecule has 0 saturated carbocycles. The zero-order valence-electron chi connectivity index (χ0n) is 10.8. The van der Waals surface area contributed by atoms with E-state index < -0.39 is 23.1 Å². The van der Waals surface area contributed by atoms with Crippen molar-refractivity contribution >= 4 is 11.6 Å². The summed E-state index contributed by atoms with van der Waals surface area (Å²) in [6.07, 6.45) is 3.16. The largest absolute Gasteiger partial charge is 0.396 e. The second kappa shape index (κ2) is 5.64. The van der Waals surface area contributed by atoms with Crippen LogP contribution < -0.4 is 5.73 Å². The third-order valence-corrected chi connectivity index (χ3v) is 2.85.